The van der Waals surface area contributed by atoms with E-state index in [1.54, 1.807) is 12.1 Å². The van der Waals surface area contributed by atoms with Crippen molar-refractivity contribution in [2.24, 2.45) is 0 Å². The lowest BCUT2D eigenvalue weighted by Gasteiger charge is -2.03. The number of carbonyl (C=O) groups is 1. The Kier molecular flexibility index (Phi) is 4.93. The molecule has 1 rings (SSSR count). The van der Waals surface area contributed by atoms with Gasteiger partial charge in [-0.05, 0) is 17.7 Å². The first-order chi connectivity index (χ1) is 6.69. The average Bonchev–Trinajstić information content (AvgIpc) is 2.17. The zero-order chi connectivity index (χ0) is 10.6. The maximum atomic E-state index is 11.5. The molecule has 0 atom stereocenters. The minimum absolute atomic E-state index is 0.0491. The number of benzene rings is 1. The van der Waals surface area contributed by atoms with Crippen molar-refractivity contribution in [3.8, 4) is 0 Å². The molecule has 76 valence electrons. The van der Waals surface area contributed by atoms with E-state index in [9.17, 15) is 4.79 Å². The Bertz CT molecular complexity index is 339. The molecule has 1 aromatic rings. The van der Waals surface area contributed by atoms with Gasteiger partial charge in [0.15, 0.2) is 5.78 Å². The van der Waals surface area contributed by atoms with E-state index in [0.717, 1.165) is 5.56 Å². The van der Waals surface area contributed by atoms with Gasteiger partial charge in [-0.3, -0.25) is 4.79 Å². The van der Waals surface area contributed by atoms with Crippen LogP contribution in [0.15, 0.2) is 18.2 Å². The van der Waals surface area contributed by atoms with Gasteiger partial charge in [-0.1, -0.05) is 33.6 Å². The molecule has 0 unspecified atom stereocenters. The number of carbonyl (C=O) groups excluding carboxylic acids is 1. The number of hydrogen-bond donors (Lipinski definition) is 0. The quantitative estimate of drug-likeness (QED) is 0.605. The molecular weight excluding hydrogens is 287 g/mol. The van der Waals surface area contributed by atoms with Gasteiger partial charge in [0.25, 0.3) is 0 Å². The van der Waals surface area contributed by atoms with Gasteiger partial charge in [0.05, 0.1) is 5.02 Å². The van der Waals surface area contributed by atoms with E-state index in [-0.39, 0.29) is 5.78 Å². The molecule has 0 saturated carbocycles. The highest BCUT2D eigenvalue weighted by atomic mass is 79.9. The zero-order valence-electron chi connectivity index (χ0n) is 7.40. The monoisotopic (exact) mass is 294 g/mol. The molecule has 0 aliphatic carbocycles. The van der Waals surface area contributed by atoms with Crippen molar-refractivity contribution in [1.29, 1.82) is 0 Å². The fraction of sp³-hybridized carbons (Fsp3) is 0.300. The molecule has 0 amide bonds. The van der Waals surface area contributed by atoms with Crippen LogP contribution >= 0.6 is 39.1 Å². The highest BCUT2D eigenvalue weighted by Gasteiger charge is 2.09. The van der Waals surface area contributed by atoms with Crippen molar-refractivity contribution in [2.45, 2.75) is 12.3 Å². The predicted octanol–water partition coefficient (Wildman–Crippen LogP) is 4.05. The van der Waals surface area contributed by atoms with E-state index in [1.807, 2.05) is 6.07 Å². The SMILES string of the molecule is O=C(CCBr)c1ccc(CCl)cc1Cl. The van der Waals surface area contributed by atoms with Crippen molar-refractivity contribution >= 4 is 44.9 Å². The molecule has 0 aliphatic heterocycles. The lowest BCUT2D eigenvalue weighted by atomic mass is 10.1. The lowest BCUT2D eigenvalue weighted by molar-refractivity contribution is 0.0990. The second-order valence-corrected chi connectivity index (χ2v) is 4.28. The van der Waals surface area contributed by atoms with Crippen molar-refractivity contribution in [3.05, 3.63) is 34.3 Å². The van der Waals surface area contributed by atoms with Gasteiger partial charge >= 0.3 is 0 Å². The number of halogens is 3. The van der Waals surface area contributed by atoms with Gasteiger partial charge in [-0.15, -0.1) is 11.6 Å². The Morgan fingerprint density at radius 1 is 1.43 bits per heavy atom. The third kappa shape index (κ3) is 2.97. The van der Waals surface area contributed by atoms with Crippen molar-refractivity contribution in [3.63, 3.8) is 0 Å². The van der Waals surface area contributed by atoms with Gasteiger partial charge in [0, 0.05) is 23.2 Å². The Balaban J connectivity index is 2.94. The largest absolute Gasteiger partial charge is 0.294 e. The van der Waals surface area contributed by atoms with Crippen LogP contribution in [-0.4, -0.2) is 11.1 Å². The van der Waals surface area contributed by atoms with Crippen LogP contribution < -0.4 is 0 Å². The molecule has 0 heterocycles. The average molecular weight is 296 g/mol. The Morgan fingerprint density at radius 3 is 2.64 bits per heavy atom. The molecule has 1 aromatic carbocycles. The summed E-state index contributed by atoms with van der Waals surface area (Å²) < 4.78 is 0. The Hall–Kier alpha value is -0.0500. The summed E-state index contributed by atoms with van der Waals surface area (Å²) in [5.74, 6) is 0.458. The van der Waals surface area contributed by atoms with Crippen LogP contribution in [-0.2, 0) is 5.88 Å². The normalized spacial score (nSPS) is 10.2. The van der Waals surface area contributed by atoms with E-state index in [2.05, 4.69) is 15.9 Å². The maximum Gasteiger partial charge on any atom is 0.165 e. The van der Waals surface area contributed by atoms with E-state index in [1.165, 1.54) is 0 Å². The molecule has 0 fully saturated rings. The molecular formula is C10H9BrCl2O. The molecule has 0 aliphatic rings. The molecule has 0 spiro atoms. The molecule has 0 radical (unpaired) electrons. The Morgan fingerprint density at radius 2 is 2.14 bits per heavy atom. The predicted molar refractivity (Wildman–Crippen MR) is 63.8 cm³/mol. The molecule has 0 bridgehead atoms. The smallest absolute Gasteiger partial charge is 0.165 e. The summed E-state index contributed by atoms with van der Waals surface area (Å²) in [7, 11) is 0. The van der Waals surface area contributed by atoms with Crippen molar-refractivity contribution < 1.29 is 4.79 Å². The fourth-order valence-electron chi connectivity index (χ4n) is 1.09. The first-order valence-corrected chi connectivity index (χ1v) is 6.16. The minimum Gasteiger partial charge on any atom is -0.294 e. The molecule has 14 heavy (non-hydrogen) atoms. The van der Waals surface area contributed by atoms with Gasteiger partial charge < -0.3 is 0 Å². The van der Waals surface area contributed by atoms with Gasteiger partial charge in [0.2, 0.25) is 0 Å². The fourth-order valence-corrected chi connectivity index (χ4v) is 1.92. The second-order valence-electron chi connectivity index (χ2n) is 2.81. The number of ketones is 1. The number of alkyl halides is 2. The van der Waals surface area contributed by atoms with E-state index in [4.69, 9.17) is 23.2 Å². The first kappa shape index (κ1) is 12.0. The van der Waals surface area contributed by atoms with Gasteiger partial charge in [-0.2, -0.15) is 0 Å². The van der Waals surface area contributed by atoms with E-state index in [0.29, 0.717) is 28.2 Å². The summed E-state index contributed by atoms with van der Waals surface area (Å²) in [5.41, 5.74) is 1.49. The van der Waals surface area contributed by atoms with Crippen LogP contribution in [0.25, 0.3) is 0 Å². The third-order valence-electron chi connectivity index (χ3n) is 1.81. The summed E-state index contributed by atoms with van der Waals surface area (Å²) in [6.45, 7) is 0. The summed E-state index contributed by atoms with van der Waals surface area (Å²) >= 11 is 14.8. The van der Waals surface area contributed by atoms with Crippen LogP contribution in [0.1, 0.15) is 22.3 Å². The van der Waals surface area contributed by atoms with Crippen LogP contribution in [0, 0.1) is 0 Å². The first-order valence-electron chi connectivity index (χ1n) is 4.12. The van der Waals surface area contributed by atoms with Gasteiger partial charge in [0.1, 0.15) is 0 Å². The lowest BCUT2D eigenvalue weighted by Crippen LogP contribution is -2.00. The molecule has 1 nitrogen and oxygen atoms in total. The van der Waals surface area contributed by atoms with Gasteiger partial charge in [-0.25, -0.2) is 0 Å². The van der Waals surface area contributed by atoms with Crippen molar-refractivity contribution in [1.82, 2.24) is 0 Å². The number of hydrogen-bond acceptors (Lipinski definition) is 1. The summed E-state index contributed by atoms with van der Waals surface area (Å²) in [6, 6.07) is 5.28. The molecule has 0 N–H and O–H groups in total. The topological polar surface area (TPSA) is 17.1 Å². The standard InChI is InChI=1S/C10H9BrCl2O/c11-4-3-10(14)8-2-1-7(6-12)5-9(8)13/h1-2,5H,3-4,6H2. The van der Waals surface area contributed by atoms with Crippen LogP contribution in [0.2, 0.25) is 5.02 Å². The summed E-state index contributed by atoms with van der Waals surface area (Å²) in [5, 5.41) is 1.13. The van der Waals surface area contributed by atoms with Crippen molar-refractivity contribution in [2.75, 3.05) is 5.33 Å². The van der Waals surface area contributed by atoms with E-state index >= 15 is 0 Å². The second kappa shape index (κ2) is 5.74. The Labute approximate surface area is 102 Å². The molecule has 0 aromatic heterocycles. The maximum absolute atomic E-state index is 11.5. The van der Waals surface area contributed by atoms with E-state index < -0.39 is 0 Å². The molecule has 4 heteroatoms. The number of Topliss-reactive ketones (excluding diaryl/α,β-unsaturated/α-hetero) is 1. The summed E-state index contributed by atoms with van der Waals surface area (Å²) in [6.07, 6.45) is 0.458. The molecule has 0 saturated heterocycles. The van der Waals surface area contributed by atoms with Crippen LogP contribution in [0.4, 0.5) is 0 Å². The number of rotatable bonds is 4. The highest BCUT2D eigenvalue weighted by molar-refractivity contribution is 9.09. The summed E-state index contributed by atoms with van der Waals surface area (Å²) in [4.78, 5) is 11.5. The van der Waals surface area contributed by atoms with Crippen LogP contribution in [0.3, 0.4) is 0 Å². The van der Waals surface area contributed by atoms with Crippen LogP contribution in [0.5, 0.6) is 0 Å². The third-order valence-corrected chi connectivity index (χ3v) is 2.83. The minimum atomic E-state index is 0.0491. The highest BCUT2D eigenvalue weighted by Crippen LogP contribution is 2.20. The zero-order valence-corrected chi connectivity index (χ0v) is 10.5.